The fourth-order valence-electron chi connectivity index (χ4n) is 24.3. The number of ether oxygens (including phenoxy) is 4. The average Bonchev–Trinajstić information content (AvgIpc) is 1.53. The quantitative estimate of drug-likeness (QED) is 0.0408. The van der Waals surface area contributed by atoms with Crippen LogP contribution in [0.2, 0.25) is 47.8 Å². The van der Waals surface area contributed by atoms with Gasteiger partial charge in [0, 0.05) is 57.0 Å². The summed E-state index contributed by atoms with van der Waals surface area (Å²) < 4.78 is 23.4. The molecule has 5 nitrogen and oxygen atoms in total. The average molecular weight is 2110 g/mol. The number of anilines is 1. The number of hydrogen-bond acceptors (Lipinski definition) is 5. The molecule has 124 heavy (non-hydrogen) atoms. The molecule has 714 valence electrons. The first kappa shape index (κ1) is 128. The first-order valence-electron chi connectivity index (χ1n) is 47.2. The molecule has 18 atom stereocenters. The van der Waals surface area contributed by atoms with E-state index in [2.05, 4.69) is 265 Å². The van der Waals surface area contributed by atoms with Crippen LogP contribution in [-0.4, -0.2) is 78.1 Å². The number of halogens is 6. The maximum absolute atomic E-state index is 6.08. The van der Waals surface area contributed by atoms with Gasteiger partial charge in [0.05, 0.1) is 38.6 Å². The Kier molecular flexibility index (Phi) is 66.5. The second-order valence-electron chi connectivity index (χ2n) is 42.5. The van der Waals surface area contributed by atoms with Crippen LogP contribution < -0.4 is 4.90 Å². The number of aryl methyl sites for hydroxylation is 1. The molecule has 6 saturated carbocycles. The van der Waals surface area contributed by atoms with Gasteiger partial charge in [0.1, 0.15) is 0 Å². The molecule has 10 aliphatic carbocycles. The third kappa shape index (κ3) is 40.7. The molecule has 0 bridgehead atoms. The number of fused-ring (bicyclic) bond motifs is 9. The van der Waals surface area contributed by atoms with Crippen LogP contribution in [0.25, 0.3) is 0 Å². The summed E-state index contributed by atoms with van der Waals surface area (Å²) in [5, 5.41) is 0. The minimum atomic E-state index is -1.92. The molecule has 1 aliphatic heterocycles. The van der Waals surface area contributed by atoms with Gasteiger partial charge in [-0.25, -0.2) is 0 Å². The van der Waals surface area contributed by atoms with Crippen molar-refractivity contribution in [2.45, 2.75) is 387 Å². The van der Waals surface area contributed by atoms with E-state index in [1.54, 1.807) is 5.56 Å². The number of rotatable bonds is 32. The molecule has 1 aromatic carbocycles. The molecule has 0 amide bonds. The molecule has 0 radical (unpaired) electrons. The third-order valence-electron chi connectivity index (χ3n) is 29.8. The fourth-order valence-corrected chi connectivity index (χ4v) is 37.3. The van der Waals surface area contributed by atoms with E-state index in [1.807, 2.05) is 0 Å². The first-order chi connectivity index (χ1) is 55.5. The van der Waals surface area contributed by atoms with Crippen molar-refractivity contribution >= 4 is 72.9 Å². The van der Waals surface area contributed by atoms with Crippen LogP contribution in [0.3, 0.4) is 0 Å². The van der Waals surface area contributed by atoms with Crippen molar-refractivity contribution in [1.82, 2.24) is 0 Å². The van der Waals surface area contributed by atoms with Gasteiger partial charge in [-0.1, -0.05) is 317 Å². The topological polar surface area (TPSA) is 40.2 Å². The summed E-state index contributed by atoms with van der Waals surface area (Å²) in [6, 6.07) is 9.36. The zero-order valence-electron chi connectivity index (χ0n) is 83.8. The van der Waals surface area contributed by atoms with Gasteiger partial charge < -0.3 is 68.4 Å². The molecule has 0 saturated heterocycles. The van der Waals surface area contributed by atoms with E-state index in [9.17, 15) is 0 Å². The van der Waals surface area contributed by atoms with E-state index in [4.69, 9.17) is 70.0 Å². The molecule has 1 heterocycles. The van der Waals surface area contributed by atoms with Crippen molar-refractivity contribution in [1.29, 1.82) is 0 Å². The van der Waals surface area contributed by atoms with Crippen molar-refractivity contribution in [2.24, 2.45) is 88.8 Å². The van der Waals surface area contributed by atoms with Crippen molar-refractivity contribution in [3.63, 3.8) is 0 Å². The van der Waals surface area contributed by atoms with Gasteiger partial charge in [-0.15, -0.1) is 0 Å². The van der Waals surface area contributed by atoms with Crippen LogP contribution in [-0.2, 0) is 81.5 Å². The van der Waals surface area contributed by atoms with E-state index in [-0.39, 0.29) is 74.4 Å². The minimum absolute atomic E-state index is 0. The number of likely N-dealkylation sites (N-methyl/N-ethyl adjacent to an activating group) is 1. The van der Waals surface area contributed by atoms with Gasteiger partial charge in [0.2, 0.25) is 0 Å². The zero-order valence-corrected chi connectivity index (χ0v) is 97.7. The summed E-state index contributed by atoms with van der Waals surface area (Å²) in [7, 11) is 28.7. The first-order valence-corrected chi connectivity index (χ1v) is 72.2. The maximum atomic E-state index is 6.08. The summed E-state index contributed by atoms with van der Waals surface area (Å²) in [6.45, 7) is 50.5. The van der Waals surface area contributed by atoms with Crippen molar-refractivity contribution in [3.8, 4) is 0 Å². The number of allylic oxidation sites excluding steroid dienone is 15. The molecule has 18 unspecified atom stereocenters. The number of nitrogens with zero attached hydrogens (tertiary/aromatic N) is 1. The monoisotopic (exact) mass is 2100 g/mol. The predicted octanol–water partition coefficient (Wildman–Crippen LogP) is 36.7. The van der Waals surface area contributed by atoms with Crippen LogP contribution in [0.15, 0.2) is 115 Å². The van der Waals surface area contributed by atoms with Gasteiger partial charge in [0.25, 0.3) is 0 Å². The summed E-state index contributed by atoms with van der Waals surface area (Å²) in [5.74, 6) is 12.7. The fraction of sp³-hybridized carbons (Fsp3) is 0.741. The SMILES string of the molecule is C.CC(C)(C)OCCCCCCC1CCCC1.CC(C)(C)OCCCCCCC1CCCC1.CC1C(C)C(C)C([Si](C)(C)C2CC(CCCCCCOC(C)(C)C)C3C=CC=CC32)C1C.Cc1ccc2c(c1)C1C(C3C=CC=CC3C1[Si](C)(CCCCCCOC(C)(C)C)C1C3C=CC=CC3C3C=CC=CC31)N2C.[CH3-].[CH3-].[CH3-].[CH3-].[CH3-].[CH3-].[Cl][Zr+2][Cl].[Cl][Zr+2][Cl].[Cl][Zr+2][Cl]. The molecular weight excluding hydrogens is 1920 g/mol. The summed E-state index contributed by atoms with van der Waals surface area (Å²) in [5.41, 5.74) is 8.10. The van der Waals surface area contributed by atoms with Gasteiger partial charge in [0.15, 0.2) is 0 Å². The molecule has 16 heteroatoms. The summed E-state index contributed by atoms with van der Waals surface area (Å²) >= 11 is -2.48. The zero-order chi connectivity index (χ0) is 86.2. The van der Waals surface area contributed by atoms with Crippen LogP contribution in [0.4, 0.5) is 5.69 Å². The van der Waals surface area contributed by atoms with E-state index >= 15 is 0 Å². The Balaban J connectivity index is 0. The van der Waals surface area contributed by atoms with Gasteiger partial charge in [-0.05, 0) is 245 Å². The van der Waals surface area contributed by atoms with E-state index in [0.29, 0.717) is 47.5 Å². The van der Waals surface area contributed by atoms with Crippen LogP contribution in [0.5, 0.6) is 0 Å². The molecule has 1 aromatic rings. The summed E-state index contributed by atoms with van der Waals surface area (Å²) in [4.78, 5) is 2.69. The van der Waals surface area contributed by atoms with Crippen LogP contribution in [0.1, 0.15) is 315 Å². The van der Waals surface area contributed by atoms with Crippen molar-refractivity contribution < 1.29 is 81.5 Å². The number of benzene rings is 1. The van der Waals surface area contributed by atoms with Gasteiger partial charge in [-0.2, -0.15) is 0 Å². The third-order valence-corrected chi connectivity index (χ3v) is 41.1. The second-order valence-corrected chi connectivity index (χ2v) is 63.6. The summed E-state index contributed by atoms with van der Waals surface area (Å²) in [6.07, 6.45) is 79.0. The Morgan fingerprint density at radius 2 is 0.702 bits per heavy atom. The van der Waals surface area contributed by atoms with Crippen molar-refractivity contribution in [2.75, 3.05) is 38.4 Å². The standard InChI is InChI=1S/C41H55NOSi.C30H54OSi.2C15H30O.CH4.6CH3.6ClH.3Zr/c1-28-23-24-36-35(27-28)37-38(42(36)5)31-19-11-14-22-34(31)40(37)44(6,26-16-8-7-15-25-43-41(2,3)4)39-32-20-12-9-17-29(32)30-18-10-13-21-33(30)39;1-21-22(2)24(4)29(23(21)3)32(8,9)28-20-25(26-17-13-14-18-27(26)28)16-12-10-11-15-19-31-30(5,6)7;2*1-15(2,3)16-13-9-5-4-6-10-14-11-7-8-12-14;;;;;;;;;;;;;;;;/h9-14,17-24,27,29-34,37-40H,7-8,15-16,25-26H2,1-6H3;13-14,17-18,21-29H,10-12,15-16,19-20H2,1-9H3;2*14H,4-13H2,1-3H3;1H4;6*1H3;6*1H;;;/q;;;;;6*-1;;;;;;;3*+4/p-6. The Bertz CT molecular complexity index is 3090. The molecule has 0 aromatic heterocycles. The van der Waals surface area contributed by atoms with E-state index < -0.39 is 78.7 Å². The van der Waals surface area contributed by atoms with Crippen LogP contribution >= 0.6 is 51.1 Å². The van der Waals surface area contributed by atoms with Gasteiger partial charge in [-0.3, -0.25) is 0 Å². The Labute approximate surface area is 830 Å². The van der Waals surface area contributed by atoms with Crippen LogP contribution in [0, 0.1) is 140 Å². The number of unbranched alkanes of at least 4 members (excludes halogenated alkanes) is 12. The second kappa shape index (κ2) is 64.6. The molecular formula is C108H191Cl6NO4Si2Zr3. The molecule has 0 N–H and O–H groups in total. The van der Waals surface area contributed by atoms with Gasteiger partial charge >= 0.3 is 114 Å². The Hall–Kier alpha value is 1.60. The van der Waals surface area contributed by atoms with E-state index in [1.165, 1.54) is 197 Å². The molecule has 6 fully saturated rings. The molecule has 11 aliphatic rings. The Morgan fingerprint density at radius 1 is 0.387 bits per heavy atom. The normalized spacial score (nSPS) is 28.3. The predicted molar refractivity (Wildman–Crippen MR) is 556 cm³/mol. The number of hydrogen-bond donors (Lipinski definition) is 0. The molecule has 0 spiro atoms. The van der Waals surface area contributed by atoms with E-state index in [0.717, 1.165) is 102 Å². The molecule has 12 rings (SSSR count). The Morgan fingerprint density at radius 3 is 1.07 bits per heavy atom. The van der Waals surface area contributed by atoms with Crippen molar-refractivity contribution in [3.05, 3.63) is 171 Å².